The highest BCUT2D eigenvalue weighted by Crippen LogP contribution is 2.13. The Morgan fingerprint density at radius 1 is 0.895 bits per heavy atom. The van der Waals surface area contributed by atoms with E-state index in [9.17, 15) is 9.59 Å². The number of aryl methyl sites for hydroxylation is 1. The summed E-state index contributed by atoms with van der Waals surface area (Å²) >= 11 is 0. The molecular weight excluding hydrogens is 236 g/mol. The van der Waals surface area contributed by atoms with Gasteiger partial charge in [0.25, 0.3) is 0 Å². The second-order valence-corrected chi connectivity index (χ2v) is 4.52. The van der Waals surface area contributed by atoms with E-state index in [1.54, 1.807) is 24.3 Å². The molecule has 0 aromatic heterocycles. The van der Waals surface area contributed by atoms with Crippen LogP contribution in [0.4, 0.5) is 0 Å². The molecule has 0 radical (unpaired) electrons. The van der Waals surface area contributed by atoms with Crippen LogP contribution < -0.4 is 0 Å². The van der Waals surface area contributed by atoms with Crippen LogP contribution in [0.2, 0.25) is 0 Å². The Kier molecular flexibility index (Phi) is 3.91. The van der Waals surface area contributed by atoms with Gasteiger partial charge in [0.2, 0.25) is 0 Å². The maximum Gasteiger partial charge on any atom is 0.193 e. The van der Waals surface area contributed by atoms with E-state index in [1.807, 2.05) is 24.3 Å². The molecule has 2 rings (SSSR count). The van der Waals surface area contributed by atoms with Crippen LogP contribution in [0.1, 0.15) is 45.7 Å². The van der Waals surface area contributed by atoms with Crippen molar-refractivity contribution in [2.24, 2.45) is 0 Å². The standard InChI is InChI=1S/C17H16O2/c1-3-13-7-9-14(10-8-13)17(19)16-6-4-5-15(11-16)12(2)18/h4-11H,3H2,1-2H3. The van der Waals surface area contributed by atoms with Gasteiger partial charge < -0.3 is 0 Å². The second kappa shape index (κ2) is 5.61. The normalized spacial score (nSPS) is 10.2. The summed E-state index contributed by atoms with van der Waals surface area (Å²) in [5, 5.41) is 0. The molecule has 2 nitrogen and oxygen atoms in total. The van der Waals surface area contributed by atoms with Gasteiger partial charge in [-0.15, -0.1) is 0 Å². The van der Waals surface area contributed by atoms with Crippen LogP contribution in [0.15, 0.2) is 48.5 Å². The molecule has 96 valence electrons. The molecule has 0 N–H and O–H groups in total. The van der Waals surface area contributed by atoms with Crippen LogP contribution in [0, 0.1) is 0 Å². The van der Waals surface area contributed by atoms with Crippen molar-refractivity contribution in [3.05, 3.63) is 70.8 Å². The molecule has 0 atom stereocenters. The molecule has 2 heteroatoms. The van der Waals surface area contributed by atoms with Gasteiger partial charge in [0, 0.05) is 16.7 Å². The number of rotatable bonds is 4. The van der Waals surface area contributed by atoms with Gasteiger partial charge in [0.15, 0.2) is 11.6 Å². The molecule has 2 aromatic rings. The molecule has 0 saturated carbocycles. The Morgan fingerprint density at radius 2 is 1.53 bits per heavy atom. The van der Waals surface area contributed by atoms with E-state index in [0.717, 1.165) is 6.42 Å². The molecular formula is C17H16O2. The van der Waals surface area contributed by atoms with Crippen molar-refractivity contribution in [2.45, 2.75) is 20.3 Å². The van der Waals surface area contributed by atoms with Gasteiger partial charge >= 0.3 is 0 Å². The highest BCUT2D eigenvalue weighted by Gasteiger charge is 2.10. The third-order valence-corrected chi connectivity index (χ3v) is 3.16. The van der Waals surface area contributed by atoms with Gasteiger partial charge in [-0.1, -0.05) is 49.4 Å². The zero-order chi connectivity index (χ0) is 13.8. The highest BCUT2D eigenvalue weighted by atomic mass is 16.1. The summed E-state index contributed by atoms with van der Waals surface area (Å²) in [6, 6.07) is 14.4. The predicted molar refractivity (Wildman–Crippen MR) is 75.7 cm³/mol. The zero-order valence-corrected chi connectivity index (χ0v) is 11.1. The highest BCUT2D eigenvalue weighted by molar-refractivity contribution is 6.10. The van der Waals surface area contributed by atoms with Gasteiger partial charge in [-0.2, -0.15) is 0 Å². The van der Waals surface area contributed by atoms with Crippen LogP contribution in [-0.2, 0) is 6.42 Å². The summed E-state index contributed by atoms with van der Waals surface area (Å²) in [5.41, 5.74) is 2.97. The predicted octanol–water partition coefficient (Wildman–Crippen LogP) is 3.68. The second-order valence-electron chi connectivity index (χ2n) is 4.52. The molecule has 2 aromatic carbocycles. The molecule has 0 aliphatic carbocycles. The van der Waals surface area contributed by atoms with Gasteiger partial charge in [-0.25, -0.2) is 0 Å². The fourth-order valence-corrected chi connectivity index (χ4v) is 1.94. The summed E-state index contributed by atoms with van der Waals surface area (Å²) in [6.45, 7) is 3.58. The first-order valence-corrected chi connectivity index (χ1v) is 6.36. The minimum absolute atomic E-state index is 0.0315. The van der Waals surface area contributed by atoms with E-state index in [2.05, 4.69) is 6.92 Å². The van der Waals surface area contributed by atoms with E-state index >= 15 is 0 Å². The van der Waals surface area contributed by atoms with Crippen molar-refractivity contribution in [3.63, 3.8) is 0 Å². The molecule has 0 aliphatic heterocycles. The lowest BCUT2D eigenvalue weighted by Gasteiger charge is -2.04. The smallest absolute Gasteiger partial charge is 0.193 e. The SMILES string of the molecule is CCc1ccc(C(=O)c2cccc(C(C)=O)c2)cc1. The quantitative estimate of drug-likeness (QED) is 0.778. The molecule has 0 unspecified atom stereocenters. The van der Waals surface area contributed by atoms with Crippen LogP contribution in [0.3, 0.4) is 0 Å². The maximum absolute atomic E-state index is 12.3. The van der Waals surface area contributed by atoms with Crippen LogP contribution in [-0.4, -0.2) is 11.6 Å². The van der Waals surface area contributed by atoms with Gasteiger partial charge in [0.05, 0.1) is 0 Å². The van der Waals surface area contributed by atoms with Crippen molar-refractivity contribution in [1.29, 1.82) is 0 Å². The summed E-state index contributed by atoms with van der Waals surface area (Å²) in [5.74, 6) is -0.0817. The Morgan fingerprint density at radius 3 is 2.11 bits per heavy atom. The largest absolute Gasteiger partial charge is 0.295 e. The molecule has 0 spiro atoms. The minimum atomic E-state index is -0.0502. The lowest BCUT2D eigenvalue weighted by molar-refractivity contribution is 0.101. The average Bonchev–Trinajstić information content (AvgIpc) is 2.46. The van der Waals surface area contributed by atoms with Crippen LogP contribution in [0.5, 0.6) is 0 Å². The van der Waals surface area contributed by atoms with Gasteiger partial charge in [-0.3, -0.25) is 9.59 Å². The topological polar surface area (TPSA) is 34.1 Å². The summed E-state index contributed by atoms with van der Waals surface area (Å²) in [4.78, 5) is 23.6. The summed E-state index contributed by atoms with van der Waals surface area (Å²) in [7, 11) is 0. The molecule has 0 saturated heterocycles. The fourth-order valence-electron chi connectivity index (χ4n) is 1.94. The zero-order valence-electron chi connectivity index (χ0n) is 11.1. The first-order chi connectivity index (χ1) is 9.11. The third-order valence-electron chi connectivity index (χ3n) is 3.16. The lowest BCUT2D eigenvalue weighted by Crippen LogP contribution is -2.03. The van der Waals surface area contributed by atoms with Crippen molar-refractivity contribution < 1.29 is 9.59 Å². The average molecular weight is 252 g/mol. The van der Waals surface area contributed by atoms with E-state index in [0.29, 0.717) is 16.7 Å². The first-order valence-electron chi connectivity index (χ1n) is 6.36. The monoisotopic (exact) mass is 252 g/mol. The Hall–Kier alpha value is -2.22. The number of ketones is 2. The van der Waals surface area contributed by atoms with E-state index in [1.165, 1.54) is 12.5 Å². The van der Waals surface area contributed by atoms with E-state index < -0.39 is 0 Å². The number of benzene rings is 2. The van der Waals surface area contributed by atoms with E-state index in [4.69, 9.17) is 0 Å². The Bertz CT molecular complexity index is 609. The Balaban J connectivity index is 2.32. The van der Waals surface area contributed by atoms with Gasteiger partial charge in [0.1, 0.15) is 0 Å². The van der Waals surface area contributed by atoms with Crippen molar-refractivity contribution in [3.8, 4) is 0 Å². The fraction of sp³-hybridized carbons (Fsp3) is 0.176. The summed E-state index contributed by atoms with van der Waals surface area (Å²) < 4.78 is 0. The first kappa shape index (κ1) is 13.2. The lowest BCUT2D eigenvalue weighted by atomic mass is 9.99. The molecule has 0 amide bonds. The number of Topliss-reactive ketones (excluding diaryl/α,β-unsaturated/α-hetero) is 1. The maximum atomic E-state index is 12.3. The van der Waals surface area contributed by atoms with Gasteiger partial charge in [-0.05, 0) is 25.0 Å². The molecule has 0 bridgehead atoms. The molecule has 0 aliphatic rings. The number of hydrogen-bond donors (Lipinski definition) is 0. The number of hydrogen-bond acceptors (Lipinski definition) is 2. The van der Waals surface area contributed by atoms with Crippen LogP contribution >= 0.6 is 0 Å². The molecule has 0 heterocycles. The number of carbonyl (C=O) groups excluding carboxylic acids is 2. The summed E-state index contributed by atoms with van der Waals surface area (Å²) in [6.07, 6.45) is 0.953. The van der Waals surface area contributed by atoms with Crippen molar-refractivity contribution >= 4 is 11.6 Å². The molecule has 19 heavy (non-hydrogen) atoms. The van der Waals surface area contributed by atoms with Crippen LogP contribution in [0.25, 0.3) is 0 Å². The van der Waals surface area contributed by atoms with Crippen molar-refractivity contribution in [2.75, 3.05) is 0 Å². The van der Waals surface area contributed by atoms with Crippen molar-refractivity contribution in [1.82, 2.24) is 0 Å². The number of carbonyl (C=O) groups is 2. The minimum Gasteiger partial charge on any atom is -0.295 e. The van der Waals surface area contributed by atoms with E-state index in [-0.39, 0.29) is 11.6 Å². The Labute approximate surface area is 113 Å². The third kappa shape index (κ3) is 2.97. The molecule has 0 fully saturated rings.